The van der Waals surface area contributed by atoms with Crippen LogP contribution in [0.3, 0.4) is 0 Å². The van der Waals surface area contributed by atoms with Crippen LogP contribution in [0.5, 0.6) is 0 Å². The molecule has 0 aliphatic carbocycles. The van der Waals surface area contributed by atoms with Crippen molar-refractivity contribution in [2.24, 2.45) is 0 Å². The van der Waals surface area contributed by atoms with Gasteiger partial charge in [0.1, 0.15) is 0 Å². The number of nitrogens with zero attached hydrogens (tertiary/aromatic N) is 2. The van der Waals surface area contributed by atoms with Crippen molar-refractivity contribution in [1.29, 1.82) is 0 Å². The Bertz CT molecular complexity index is 844. The van der Waals surface area contributed by atoms with E-state index in [0.717, 1.165) is 29.2 Å². The van der Waals surface area contributed by atoms with Crippen molar-refractivity contribution >= 4 is 16.6 Å². The molecule has 0 bridgehead atoms. The van der Waals surface area contributed by atoms with Gasteiger partial charge in [-0.15, -0.1) is 0 Å². The maximum absolute atomic E-state index is 12.8. The molecule has 0 saturated carbocycles. The molecule has 6 heteroatoms. The van der Waals surface area contributed by atoms with Gasteiger partial charge in [0.05, 0.1) is 23.3 Å². The first-order valence-corrected chi connectivity index (χ1v) is 7.06. The SMILES string of the molecule is Cc1cccc(CNc2ccnc3cc(C(F)(F)F)ccc23)n1. The molecule has 0 atom stereocenters. The van der Waals surface area contributed by atoms with E-state index in [2.05, 4.69) is 15.3 Å². The van der Waals surface area contributed by atoms with Crippen LogP contribution in [0.4, 0.5) is 18.9 Å². The number of benzene rings is 1. The van der Waals surface area contributed by atoms with Gasteiger partial charge in [0, 0.05) is 23.0 Å². The molecule has 1 N–H and O–H groups in total. The normalized spacial score (nSPS) is 11.7. The van der Waals surface area contributed by atoms with E-state index in [0.29, 0.717) is 17.4 Å². The molecule has 0 aliphatic heterocycles. The van der Waals surface area contributed by atoms with Crippen molar-refractivity contribution in [2.45, 2.75) is 19.6 Å². The number of rotatable bonds is 3. The highest BCUT2D eigenvalue weighted by Gasteiger charge is 2.30. The highest BCUT2D eigenvalue weighted by atomic mass is 19.4. The predicted molar refractivity (Wildman–Crippen MR) is 83.0 cm³/mol. The van der Waals surface area contributed by atoms with E-state index in [-0.39, 0.29) is 0 Å². The second kappa shape index (κ2) is 5.87. The molecule has 1 aromatic carbocycles. The van der Waals surface area contributed by atoms with Crippen LogP contribution in [-0.2, 0) is 12.7 Å². The molecule has 0 amide bonds. The van der Waals surface area contributed by atoms with E-state index >= 15 is 0 Å². The van der Waals surface area contributed by atoms with Crippen LogP contribution in [0.2, 0.25) is 0 Å². The molecular weight excluding hydrogens is 303 g/mol. The number of nitrogens with one attached hydrogen (secondary N) is 1. The zero-order valence-corrected chi connectivity index (χ0v) is 12.4. The van der Waals surface area contributed by atoms with E-state index in [1.807, 2.05) is 25.1 Å². The molecule has 0 aliphatic rings. The third-order valence-electron chi connectivity index (χ3n) is 3.48. The number of aryl methyl sites for hydroxylation is 1. The van der Waals surface area contributed by atoms with Crippen LogP contribution in [0, 0.1) is 6.92 Å². The van der Waals surface area contributed by atoms with E-state index in [1.54, 1.807) is 6.07 Å². The van der Waals surface area contributed by atoms with Crippen LogP contribution >= 0.6 is 0 Å². The summed E-state index contributed by atoms with van der Waals surface area (Å²) in [5.74, 6) is 0. The fraction of sp³-hybridized carbons (Fsp3) is 0.176. The average molecular weight is 317 g/mol. The lowest BCUT2D eigenvalue weighted by Crippen LogP contribution is -2.06. The first kappa shape index (κ1) is 15.3. The van der Waals surface area contributed by atoms with Crippen molar-refractivity contribution < 1.29 is 13.2 Å². The van der Waals surface area contributed by atoms with Crippen molar-refractivity contribution in [2.75, 3.05) is 5.32 Å². The monoisotopic (exact) mass is 317 g/mol. The van der Waals surface area contributed by atoms with Gasteiger partial charge >= 0.3 is 6.18 Å². The molecule has 0 fully saturated rings. The number of aromatic nitrogens is 2. The third kappa shape index (κ3) is 3.41. The van der Waals surface area contributed by atoms with Gasteiger partial charge in [-0.3, -0.25) is 9.97 Å². The number of alkyl halides is 3. The summed E-state index contributed by atoms with van der Waals surface area (Å²) in [7, 11) is 0. The number of pyridine rings is 2. The summed E-state index contributed by atoms with van der Waals surface area (Å²) in [6.07, 6.45) is -2.88. The quantitative estimate of drug-likeness (QED) is 0.769. The van der Waals surface area contributed by atoms with Crippen LogP contribution in [0.25, 0.3) is 10.9 Å². The summed E-state index contributed by atoms with van der Waals surface area (Å²) in [6.45, 7) is 2.39. The smallest absolute Gasteiger partial charge is 0.379 e. The Labute approximate surface area is 131 Å². The fourth-order valence-electron chi connectivity index (χ4n) is 2.36. The number of hydrogen-bond donors (Lipinski definition) is 1. The molecule has 0 saturated heterocycles. The summed E-state index contributed by atoms with van der Waals surface area (Å²) in [4.78, 5) is 8.42. The Kier molecular flexibility index (Phi) is 3.90. The van der Waals surface area contributed by atoms with E-state index in [4.69, 9.17) is 0 Å². The standard InChI is InChI=1S/C17H14F3N3/c1-11-3-2-4-13(23-11)10-22-15-7-8-21-16-9-12(17(18,19)20)5-6-14(15)16/h2-9H,10H2,1H3,(H,21,22). The lowest BCUT2D eigenvalue weighted by Gasteiger charge is -2.11. The summed E-state index contributed by atoms with van der Waals surface area (Å²) >= 11 is 0. The summed E-state index contributed by atoms with van der Waals surface area (Å²) in [5.41, 5.74) is 2.12. The topological polar surface area (TPSA) is 37.8 Å². The van der Waals surface area contributed by atoms with Gasteiger partial charge in [0.25, 0.3) is 0 Å². The van der Waals surface area contributed by atoms with Crippen molar-refractivity contribution in [1.82, 2.24) is 9.97 Å². The maximum atomic E-state index is 12.8. The number of anilines is 1. The molecule has 3 nitrogen and oxygen atoms in total. The molecule has 3 rings (SSSR count). The van der Waals surface area contributed by atoms with Crippen LogP contribution in [-0.4, -0.2) is 9.97 Å². The van der Waals surface area contributed by atoms with Crippen LogP contribution < -0.4 is 5.32 Å². The minimum Gasteiger partial charge on any atom is -0.379 e. The van der Waals surface area contributed by atoms with Gasteiger partial charge in [-0.25, -0.2) is 0 Å². The van der Waals surface area contributed by atoms with E-state index in [9.17, 15) is 13.2 Å². The molecule has 0 spiro atoms. The van der Waals surface area contributed by atoms with Gasteiger partial charge in [-0.1, -0.05) is 12.1 Å². The first-order chi connectivity index (χ1) is 10.9. The highest BCUT2D eigenvalue weighted by Crippen LogP contribution is 2.32. The highest BCUT2D eigenvalue weighted by molar-refractivity contribution is 5.91. The van der Waals surface area contributed by atoms with E-state index in [1.165, 1.54) is 12.3 Å². The van der Waals surface area contributed by atoms with Crippen molar-refractivity contribution in [3.05, 3.63) is 65.6 Å². The number of halogens is 3. The Balaban J connectivity index is 1.89. The minimum atomic E-state index is -4.37. The second-order valence-corrected chi connectivity index (χ2v) is 5.21. The summed E-state index contributed by atoms with van der Waals surface area (Å²) < 4.78 is 38.3. The van der Waals surface area contributed by atoms with Crippen LogP contribution in [0.1, 0.15) is 17.0 Å². The number of hydrogen-bond acceptors (Lipinski definition) is 3. The van der Waals surface area contributed by atoms with Gasteiger partial charge in [0.2, 0.25) is 0 Å². The Morgan fingerprint density at radius 1 is 1.09 bits per heavy atom. The van der Waals surface area contributed by atoms with Crippen LogP contribution in [0.15, 0.2) is 48.7 Å². The van der Waals surface area contributed by atoms with Gasteiger partial charge < -0.3 is 5.32 Å². The fourth-order valence-corrected chi connectivity index (χ4v) is 2.36. The largest absolute Gasteiger partial charge is 0.416 e. The molecule has 0 radical (unpaired) electrons. The predicted octanol–water partition coefficient (Wildman–Crippen LogP) is 4.57. The minimum absolute atomic E-state index is 0.307. The molecule has 2 heterocycles. The molecular formula is C17H14F3N3. The molecule has 118 valence electrons. The van der Waals surface area contributed by atoms with Gasteiger partial charge in [0.15, 0.2) is 0 Å². The van der Waals surface area contributed by atoms with Crippen molar-refractivity contribution in [3.63, 3.8) is 0 Å². The lowest BCUT2D eigenvalue weighted by atomic mass is 10.1. The summed E-state index contributed by atoms with van der Waals surface area (Å²) in [6, 6.07) is 11.0. The average Bonchev–Trinajstić information content (AvgIpc) is 2.51. The van der Waals surface area contributed by atoms with E-state index < -0.39 is 11.7 Å². The number of fused-ring (bicyclic) bond motifs is 1. The third-order valence-corrected chi connectivity index (χ3v) is 3.48. The van der Waals surface area contributed by atoms with Gasteiger partial charge in [-0.2, -0.15) is 13.2 Å². The zero-order chi connectivity index (χ0) is 16.4. The molecule has 2 aromatic heterocycles. The van der Waals surface area contributed by atoms with Gasteiger partial charge in [-0.05, 0) is 37.3 Å². The maximum Gasteiger partial charge on any atom is 0.416 e. The summed E-state index contributed by atoms with van der Waals surface area (Å²) in [5, 5.41) is 3.85. The molecule has 3 aromatic rings. The van der Waals surface area contributed by atoms with Crippen molar-refractivity contribution in [3.8, 4) is 0 Å². The second-order valence-electron chi connectivity index (χ2n) is 5.21. The first-order valence-electron chi connectivity index (χ1n) is 7.06. The lowest BCUT2D eigenvalue weighted by molar-refractivity contribution is -0.137. The zero-order valence-electron chi connectivity index (χ0n) is 12.4. The molecule has 23 heavy (non-hydrogen) atoms. The molecule has 0 unspecified atom stereocenters. The Hall–Kier alpha value is -2.63. The Morgan fingerprint density at radius 2 is 1.91 bits per heavy atom. The Morgan fingerprint density at radius 3 is 2.65 bits per heavy atom.